The summed E-state index contributed by atoms with van der Waals surface area (Å²) in [6.07, 6.45) is -2.28. The van der Waals surface area contributed by atoms with Crippen LogP contribution < -0.4 is 16.2 Å². The van der Waals surface area contributed by atoms with E-state index in [4.69, 9.17) is 15.6 Å². The summed E-state index contributed by atoms with van der Waals surface area (Å²) < 4.78 is 31.5. The number of fused-ring (bicyclic) bond motifs is 3. The van der Waals surface area contributed by atoms with Gasteiger partial charge in [0.05, 0.1) is 17.6 Å². The number of nitrogens with two attached hydrogens (primary N) is 2. The maximum Gasteiger partial charge on any atom is 0.430 e. The first-order valence-corrected chi connectivity index (χ1v) is 8.53. The molecule has 1 aliphatic heterocycles. The fourth-order valence-corrected chi connectivity index (χ4v) is 3.09. The van der Waals surface area contributed by atoms with Crippen molar-refractivity contribution in [1.82, 2.24) is 15.2 Å². The lowest BCUT2D eigenvalue weighted by Gasteiger charge is -2.15. The predicted molar refractivity (Wildman–Crippen MR) is 93.1 cm³/mol. The number of benzene rings is 1. The van der Waals surface area contributed by atoms with Gasteiger partial charge >= 0.3 is 6.18 Å². The van der Waals surface area contributed by atoms with Gasteiger partial charge in [0.1, 0.15) is 12.5 Å². The van der Waals surface area contributed by atoms with Crippen molar-refractivity contribution in [3.8, 4) is 11.3 Å². The van der Waals surface area contributed by atoms with Gasteiger partial charge in [-0.25, -0.2) is 4.98 Å². The topological polar surface area (TPSA) is 141 Å². The highest BCUT2D eigenvalue weighted by atomic mass is 19.4. The Morgan fingerprint density at radius 2 is 2.00 bits per heavy atom. The van der Waals surface area contributed by atoms with Gasteiger partial charge in [0, 0.05) is 29.3 Å². The fourth-order valence-electron chi connectivity index (χ4n) is 3.09. The van der Waals surface area contributed by atoms with E-state index in [0.29, 0.717) is 5.56 Å². The number of aromatic nitrogens is 3. The SMILES string of the molecule is NC(=O)c1cccc(-c2[nH]nc3ncc4c(c23)CC[NH2+]C4)c1.O=C([O-])C(F)(F)F. The lowest BCUT2D eigenvalue weighted by molar-refractivity contribution is -0.673. The number of hydrogen-bond donors (Lipinski definition) is 3. The van der Waals surface area contributed by atoms with Crippen LogP contribution in [0.3, 0.4) is 0 Å². The molecule has 0 spiro atoms. The molecule has 0 bridgehead atoms. The number of carboxylic acid groups (broad SMARTS) is 1. The maximum absolute atomic E-state index is 11.4. The second kappa shape index (κ2) is 7.87. The van der Waals surface area contributed by atoms with Gasteiger partial charge in [-0.15, -0.1) is 0 Å². The van der Waals surface area contributed by atoms with Gasteiger partial charge in [0.15, 0.2) is 5.65 Å². The minimum atomic E-state index is -5.19. The summed E-state index contributed by atoms with van der Waals surface area (Å²) in [5.41, 5.74) is 11.0. The normalized spacial score (nSPS) is 13.3. The fraction of sp³-hybridized carbons (Fsp3) is 0.222. The van der Waals surface area contributed by atoms with E-state index < -0.39 is 18.1 Å². The van der Waals surface area contributed by atoms with Crippen LogP contribution in [0.15, 0.2) is 30.5 Å². The minimum Gasteiger partial charge on any atom is -0.542 e. The zero-order valence-electron chi connectivity index (χ0n) is 14.9. The number of alkyl halides is 3. The molecular weight excluding hydrogens is 391 g/mol. The second-order valence-electron chi connectivity index (χ2n) is 6.32. The standard InChI is InChI=1S/C16H15N5O.C2HF3O2/c17-15(22)10-3-1-2-9(6-10)14-13-12-4-5-18-7-11(12)8-19-16(13)21-20-14;3-2(4,5)1(6)7/h1-3,6,8,18H,4-5,7H2,(H2,17,22)(H,19,20,21);(H,6,7). The molecule has 0 saturated heterocycles. The number of nitrogens with one attached hydrogen (secondary N) is 1. The third-order valence-electron chi connectivity index (χ3n) is 4.41. The molecule has 3 heterocycles. The summed E-state index contributed by atoms with van der Waals surface area (Å²) in [5.74, 6) is -3.44. The lowest BCUT2D eigenvalue weighted by Crippen LogP contribution is -2.84. The number of nitrogens with zero attached hydrogens (tertiary/aromatic N) is 2. The van der Waals surface area contributed by atoms with Crippen molar-refractivity contribution in [2.45, 2.75) is 19.1 Å². The Labute approximate surface area is 161 Å². The van der Waals surface area contributed by atoms with Gasteiger partial charge in [-0.3, -0.25) is 9.89 Å². The number of carboxylic acids is 1. The van der Waals surface area contributed by atoms with Gasteiger partial charge in [0.25, 0.3) is 0 Å². The van der Waals surface area contributed by atoms with Crippen molar-refractivity contribution in [1.29, 1.82) is 0 Å². The van der Waals surface area contributed by atoms with Crippen molar-refractivity contribution >= 4 is 22.9 Å². The summed E-state index contributed by atoms with van der Waals surface area (Å²) in [7, 11) is 0. The quantitative estimate of drug-likeness (QED) is 0.532. The Hall–Kier alpha value is -3.47. The zero-order valence-corrected chi connectivity index (χ0v) is 14.9. The number of carbonyl (C=O) groups is 2. The van der Waals surface area contributed by atoms with E-state index in [2.05, 4.69) is 20.5 Å². The molecule has 2 aromatic heterocycles. The Morgan fingerprint density at radius 1 is 1.28 bits per heavy atom. The average molecular weight is 407 g/mol. The molecule has 0 aliphatic carbocycles. The van der Waals surface area contributed by atoms with Gasteiger partial charge in [0.2, 0.25) is 5.91 Å². The molecule has 0 unspecified atom stereocenters. The first kappa shape index (κ1) is 20.3. The third-order valence-corrected chi connectivity index (χ3v) is 4.41. The molecule has 1 aliphatic rings. The third kappa shape index (κ3) is 4.35. The molecule has 11 heteroatoms. The van der Waals surface area contributed by atoms with E-state index in [1.54, 1.807) is 12.1 Å². The van der Waals surface area contributed by atoms with Crippen LogP contribution in [0.2, 0.25) is 0 Å². The molecule has 5 N–H and O–H groups in total. The van der Waals surface area contributed by atoms with Crippen LogP contribution in [0.5, 0.6) is 0 Å². The molecule has 0 radical (unpaired) electrons. The molecule has 1 aromatic carbocycles. The van der Waals surface area contributed by atoms with Gasteiger partial charge < -0.3 is 21.0 Å². The lowest BCUT2D eigenvalue weighted by atomic mass is 9.96. The highest BCUT2D eigenvalue weighted by Gasteiger charge is 2.28. The first-order chi connectivity index (χ1) is 13.7. The monoisotopic (exact) mass is 407 g/mol. The number of H-pyrrole nitrogens is 1. The molecule has 29 heavy (non-hydrogen) atoms. The summed E-state index contributed by atoms with van der Waals surface area (Å²) in [5, 5.41) is 19.5. The molecule has 8 nitrogen and oxygen atoms in total. The number of halogens is 3. The van der Waals surface area contributed by atoms with Crippen LogP contribution in [-0.4, -0.2) is 39.8 Å². The smallest absolute Gasteiger partial charge is 0.430 e. The number of hydrogen-bond acceptors (Lipinski definition) is 5. The van der Waals surface area contributed by atoms with Crippen LogP contribution in [0, 0.1) is 0 Å². The van der Waals surface area contributed by atoms with E-state index in [1.807, 2.05) is 18.3 Å². The Balaban J connectivity index is 0.000000298. The highest BCUT2D eigenvalue weighted by Crippen LogP contribution is 2.31. The van der Waals surface area contributed by atoms with Crippen molar-refractivity contribution < 1.29 is 33.2 Å². The van der Waals surface area contributed by atoms with Crippen LogP contribution in [0.1, 0.15) is 21.5 Å². The number of aliphatic carboxylic acids is 1. The highest BCUT2D eigenvalue weighted by molar-refractivity contribution is 5.97. The van der Waals surface area contributed by atoms with Crippen molar-refractivity contribution in [3.63, 3.8) is 0 Å². The average Bonchev–Trinajstić information content (AvgIpc) is 3.12. The Bertz CT molecular complexity index is 1080. The Kier molecular flexibility index (Phi) is 5.50. The van der Waals surface area contributed by atoms with Crippen LogP contribution >= 0.6 is 0 Å². The Morgan fingerprint density at radius 3 is 2.66 bits per heavy atom. The summed E-state index contributed by atoms with van der Waals surface area (Å²) in [6, 6.07) is 7.29. The predicted octanol–water partition coefficient (Wildman–Crippen LogP) is -0.358. The second-order valence-corrected chi connectivity index (χ2v) is 6.32. The van der Waals surface area contributed by atoms with Crippen molar-refractivity contribution in [2.75, 3.05) is 6.54 Å². The zero-order chi connectivity index (χ0) is 21.2. The van der Waals surface area contributed by atoms with E-state index in [-0.39, 0.29) is 0 Å². The maximum atomic E-state index is 11.4. The number of pyridine rings is 1. The van der Waals surface area contributed by atoms with Crippen LogP contribution in [0.25, 0.3) is 22.3 Å². The minimum absolute atomic E-state index is 0.430. The molecule has 0 saturated carbocycles. The molecule has 3 aromatic rings. The number of carbonyl (C=O) groups excluding carboxylic acids is 2. The molecule has 0 atom stereocenters. The number of aromatic amines is 1. The number of quaternary nitrogens is 1. The van der Waals surface area contributed by atoms with Crippen molar-refractivity contribution in [2.24, 2.45) is 5.73 Å². The molecular formula is C18H16F3N5O3. The van der Waals surface area contributed by atoms with E-state index in [1.165, 1.54) is 11.1 Å². The molecule has 152 valence electrons. The van der Waals surface area contributed by atoms with Crippen molar-refractivity contribution in [3.05, 3.63) is 47.2 Å². The molecule has 1 amide bonds. The number of rotatable bonds is 2. The van der Waals surface area contributed by atoms with Crippen LogP contribution in [-0.2, 0) is 17.8 Å². The first-order valence-electron chi connectivity index (χ1n) is 8.53. The van der Waals surface area contributed by atoms with Gasteiger partial charge in [-0.05, 0) is 17.7 Å². The summed E-state index contributed by atoms with van der Waals surface area (Å²) in [4.78, 5) is 24.6. The van der Waals surface area contributed by atoms with E-state index in [9.17, 15) is 18.0 Å². The van der Waals surface area contributed by atoms with Gasteiger partial charge in [-0.1, -0.05) is 12.1 Å². The number of primary amides is 1. The van der Waals surface area contributed by atoms with E-state index in [0.717, 1.165) is 41.8 Å². The van der Waals surface area contributed by atoms with Gasteiger partial charge in [-0.2, -0.15) is 18.3 Å². The summed E-state index contributed by atoms with van der Waals surface area (Å²) in [6.45, 7) is 2.02. The number of amides is 1. The van der Waals surface area contributed by atoms with Crippen LogP contribution in [0.4, 0.5) is 13.2 Å². The largest absolute Gasteiger partial charge is 0.542 e. The molecule has 0 fully saturated rings. The molecule has 4 rings (SSSR count). The van der Waals surface area contributed by atoms with E-state index >= 15 is 0 Å². The summed E-state index contributed by atoms with van der Waals surface area (Å²) >= 11 is 0.